The second-order valence-electron chi connectivity index (χ2n) is 4.30. The molecule has 1 aromatic carbocycles. The average molecular weight is 292 g/mol. The zero-order chi connectivity index (χ0) is 13.4. The molecule has 19 heavy (non-hydrogen) atoms. The van der Waals surface area contributed by atoms with Gasteiger partial charge >= 0.3 is 0 Å². The van der Waals surface area contributed by atoms with Gasteiger partial charge in [0.05, 0.1) is 22.4 Å². The number of para-hydroxylation sites is 1. The summed E-state index contributed by atoms with van der Waals surface area (Å²) >= 11 is 12.1. The van der Waals surface area contributed by atoms with Crippen molar-refractivity contribution in [1.29, 1.82) is 0 Å². The predicted molar refractivity (Wildman–Crippen MR) is 78.2 cm³/mol. The molecule has 0 saturated carbocycles. The molecule has 0 aliphatic heterocycles. The van der Waals surface area contributed by atoms with Crippen LogP contribution in [0.1, 0.15) is 11.3 Å². The standard InChI is InChI=1S/C14H11Cl2N3/c1-9-12(16)8-19(18-9)14-6-10(7-15)11-4-2-3-5-13(11)17-14/h2-6,8H,7H2,1H3. The van der Waals surface area contributed by atoms with Crippen molar-refractivity contribution in [1.82, 2.24) is 14.8 Å². The van der Waals surface area contributed by atoms with Crippen molar-refractivity contribution < 1.29 is 0 Å². The van der Waals surface area contributed by atoms with Crippen molar-refractivity contribution in [2.45, 2.75) is 12.8 Å². The van der Waals surface area contributed by atoms with Gasteiger partial charge in [-0.2, -0.15) is 5.10 Å². The molecule has 96 valence electrons. The Hall–Kier alpha value is -1.58. The molecule has 3 aromatic rings. The summed E-state index contributed by atoms with van der Waals surface area (Å²) in [6.07, 6.45) is 1.76. The molecule has 0 fully saturated rings. The lowest BCUT2D eigenvalue weighted by atomic mass is 10.1. The molecule has 0 saturated heterocycles. The first-order valence-electron chi connectivity index (χ1n) is 5.86. The van der Waals surface area contributed by atoms with Gasteiger partial charge in [-0.3, -0.25) is 0 Å². The molecule has 0 unspecified atom stereocenters. The Morgan fingerprint density at radius 1 is 1.26 bits per heavy atom. The van der Waals surface area contributed by atoms with Crippen molar-refractivity contribution in [3.63, 3.8) is 0 Å². The van der Waals surface area contributed by atoms with Crippen LogP contribution in [0.2, 0.25) is 5.02 Å². The monoisotopic (exact) mass is 291 g/mol. The number of rotatable bonds is 2. The van der Waals surface area contributed by atoms with E-state index < -0.39 is 0 Å². The zero-order valence-corrected chi connectivity index (χ0v) is 11.8. The minimum absolute atomic E-state index is 0.435. The first-order chi connectivity index (χ1) is 9.19. The third-order valence-corrected chi connectivity index (χ3v) is 3.67. The quantitative estimate of drug-likeness (QED) is 0.665. The molecule has 0 aliphatic carbocycles. The number of hydrogen-bond acceptors (Lipinski definition) is 2. The summed E-state index contributed by atoms with van der Waals surface area (Å²) in [5.41, 5.74) is 2.72. The van der Waals surface area contributed by atoms with Crippen LogP contribution in [0.3, 0.4) is 0 Å². The van der Waals surface area contributed by atoms with Gasteiger partial charge in [-0.25, -0.2) is 9.67 Å². The second kappa shape index (κ2) is 4.83. The van der Waals surface area contributed by atoms with Crippen molar-refractivity contribution >= 4 is 34.1 Å². The number of nitrogens with zero attached hydrogens (tertiary/aromatic N) is 3. The third kappa shape index (κ3) is 2.20. The molecular formula is C14H11Cl2N3. The number of hydrogen-bond donors (Lipinski definition) is 0. The van der Waals surface area contributed by atoms with Crippen molar-refractivity contribution in [3.8, 4) is 5.82 Å². The van der Waals surface area contributed by atoms with Gasteiger partial charge < -0.3 is 0 Å². The van der Waals surface area contributed by atoms with Gasteiger partial charge in [0.1, 0.15) is 0 Å². The van der Waals surface area contributed by atoms with Crippen LogP contribution in [0.4, 0.5) is 0 Å². The Labute approximate surface area is 120 Å². The Morgan fingerprint density at radius 3 is 2.74 bits per heavy atom. The lowest BCUT2D eigenvalue weighted by Crippen LogP contribution is -2.00. The first-order valence-corrected chi connectivity index (χ1v) is 6.77. The van der Waals surface area contributed by atoms with Gasteiger partial charge in [-0.15, -0.1) is 11.6 Å². The number of benzene rings is 1. The number of aryl methyl sites for hydroxylation is 1. The van der Waals surface area contributed by atoms with Crippen LogP contribution in [0.15, 0.2) is 36.5 Å². The minimum atomic E-state index is 0.435. The zero-order valence-electron chi connectivity index (χ0n) is 10.3. The van der Waals surface area contributed by atoms with Gasteiger partial charge in [-0.1, -0.05) is 29.8 Å². The smallest absolute Gasteiger partial charge is 0.154 e. The van der Waals surface area contributed by atoms with Gasteiger partial charge in [0.2, 0.25) is 0 Å². The molecule has 0 radical (unpaired) electrons. The summed E-state index contributed by atoms with van der Waals surface area (Å²) in [6.45, 7) is 1.86. The Bertz CT molecular complexity index is 730. The molecule has 0 atom stereocenters. The first kappa shape index (κ1) is 12.5. The summed E-state index contributed by atoms with van der Waals surface area (Å²) in [5.74, 6) is 1.16. The summed E-state index contributed by atoms with van der Waals surface area (Å²) in [6, 6.07) is 9.86. The largest absolute Gasteiger partial charge is 0.229 e. The highest BCUT2D eigenvalue weighted by Gasteiger charge is 2.09. The molecular weight excluding hydrogens is 281 g/mol. The lowest BCUT2D eigenvalue weighted by molar-refractivity contribution is 0.836. The normalized spacial score (nSPS) is 11.1. The highest BCUT2D eigenvalue weighted by atomic mass is 35.5. The fraction of sp³-hybridized carbons (Fsp3) is 0.143. The van der Waals surface area contributed by atoms with Gasteiger partial charge in [0.25, 0.3) is 0 Å². The van der Waals surface area contributed by atoms with Crippen LogP contribution in [0.25, 0.3) is 16.7 Å². The maximum Gasteiger partial charge on any atom is 0.154 e. The van der Waals surface area contributed by atoms with Crippen LogP contribution < -0.4 is 0 Å². The van der Waals surface area contributed by atoms with E-state index in [2.05, 4.69) is 10.1 Å². The van der Waals surface area contributed by atoms with E-state index in [1.807, 2.05) is 37.3 Å². The predicted octanol–water partition coefficient (Wildman–Crippen LogP) is 4.12. The Balaban J connectivity index is 2.24. The maximum absolute atomic E-state index is 6.03. The summed E-state index contributed by atoms with van der Waals surface area (Å²) in [5, 5.41) is 6.03. The van der Waals surface area contributed by atoms with Crippen LogP contribution in [0.5, 0.6) is 0 Å². The molecule has 2 aromatic heterocycles. The minimum Gasteiger partial charge on any atom is -0.229 e. The van der Waals surface area contributed by atoms with Gasteiger partial charge in [0, 0.05) is 11.3 Å². The molecule has 0 spiro atoms. The lowest BCUT2D eigenvalue weighted by Gasteiger charge is -2.07. The molecule has 2 heterocycles. The van der Waals surface area contributed by atoms with E-state index in [1.165, 1.54) is 0 Å². The maximum atomic E-state index is 6.03. The van der Waals surface area contributed by atoms with E-state index in [0.717, 1.165) is 28.0 Å². The molecule has 3 rings (SSSR count). The molecule has 0 aliphatic rings. The number of alkyl halides is 1. The van der Waals surface area contributed by atoms with Gasteiger partial charge in [-0.05, 0) is 24.6 Å². The van der Waals surface area contributed by atoms with E-state index in [-0.39, 0.29) is 0 Å². The van der Waals surface area contributed by atoms with Crippen LogP contribution in [-0.2, 0) is 5.88 Å². The summed E-state index contributed by atoms with van der Waals surface area (Å²) in [4.78, 5) is 4.59. The van der Waals surface area contributed by atoms with Crippen molar-refractivity contribution in [2.24, 2.45) is 0 Å². The van der Waals surface area contributed by atoms with E-state index in [4.69, 9.17) is 23.2 Å². The summed E-state index contributed by atoms with van der Waals surface area (Å²) < 4.78 is 1.68. The molecule has 0 amide bonds. The Morgan fingerprint density at radius 2 is 2.05 bits per heavy atom. The fourth-order valence-electron chi connectivity index (χ4n) is 2.02. The van der Waals surface area contributed by atoms with Crippen LogP contribution >= 0.6 is 23.2 Å². The number of halogens is 2. The number of pyridine rings is 1. The number of aromatic nitrogens is 3. The topological polar surface area (TPSA) is 30.7 Å². The molecule has 0 bridgehead atoms. The van der Waals surface area contributed by atoms with E-state index in [9.17, 15) is 0 Å². The van der Waals surface area contributed by atoms with E-state index in [1.54, 1.807) is 10.9 Å². The highest BCUT2D eigenvalue weighted by molar-refractivity contribution is 6.31. The van der Waals surface area contributed by atoms with E-state index in [0.29, 0.717) is 10.9 Å². The molecule has 3 nitrogen and oxygen atoms in total. The van der Waals surface area contributed by atoms with E-state index >= 15 is 0 Å². The van der Waals surface area contributed by atoms with Crippen molar-refractivity contribution in [3.05, 3.63) is 52.8 Å². The van der Waals surface area contributed by atoms with Crippen LogP contribution in [-0.4, -0.2) is 14.8 Å². The molecule has 0 N–H and O–H groups in total. The third-order valence-electron chi connectivity index (χ3n) is 3.01. The fourth-order valence-corrected chi connectivity index (χ4v) is 2.37. The van der Waals surface area contributed by atoms with Crippen molar-refractivity contribution in [2.75, 3.05) is 0 Å². The average Bonchev–Trinajstić information content (AvgIpc) is 2.77. The summed E-state index contributed by atoms with van der Waals surface area (Å²) in [7, 11) is 0. The SMILES string of the molecule is Cc1nn(-c2cc(CCl)c3ccccc3n2)cc1Cl. The second-order valence-corrected chi connectivity index (χ2v) is 4.97. The number of fused-ring (bicyclic) bond motifs is 1. The Kier molecular flexibility index (Phi) is 3.17. The molecule has 5 heteroatoms. The highest BCUT2D eigenvalue weighted by Crippen LogP contribution is 2.23. The van der Waals surface area contributed by atoms with Crippen LogP contribution in [0, 0.1) is 6.92 Å². The van der Waals surface area contributed by atoms with Gasteiger partial charge in [0.15, 0.2) is 5.82 Å².